The van der Waals surface area contributed by atoms with Crippen LogP contribution < -0.4 is 10.1 Å². The Balaban J connectivity index is 0.00000541. The van der Waals surface area contributed by atoms with Crippen molar-refractivity contribution in [1.82, 2.24) is 10.2 Å². The molecule has 0 bridgehead atoms. The average Bonchev–Trinajstić information content (AvgIpc) is 3.50. The van der Waals surface area contributed by atoms with E-state index >= 15 is 0 Å². The number of alkyl halides is 3. The number of benzene rings is 1. The zero-order valence-corrected chi connectivity index (χ0v) is 29.5. The minimum atomic E-state index is -4.63. The topological polar surface area (TPSA) is 96.2 Å². The predicted molar refractivity (Wildman–Crippen MR) is 184 cm³/mol. The van der Waals surface area contributed by atoms with Gasteiger partial charge in [-0.15, -0.1) is 0 Å². The number of hydrogen-bond donors (Lipinski definition) is 1. The first-order valence-electron chi connectivity index (χ1n) is 16.5. The first-order valence-corrected chi connectivity index (χ1v) is 16.5. The number of nitriles is 1. The number of rotatable bonds is 14. The second-order valence-corrected chi connectivity index (χ2v) is 11.8. The molecule has 0 radical (unpaired) electrons. The van der Waals surface area contributed by atoms with Crippen molar-refractivity contribution in [1.29, 1.82) is 5.26 Å². The number of allylic oxidation sites excluding steroid dienone is 2. The SMILES string of the molecule is CC.CC/C=C(\N=C(C(C)CC)C1CCCN1C(=BOC#N)NC(=O)OC(C)(C)C)c1ccc(OC/C=C/CCC)c(C(F)(F)F)c1. The van der Waals surface area contributed by atoms with E-state index in [9.17, 15) is 18.0 Å². The molecule has 1 fully saturated rings. The Hall–Kier alpha value is -3.75. The van der Waals surface area contributed by atoms with E-state index in [4.69, 9.17) is 24.4 Å². The van der Waals surface area contributed by atoms with E-state index in [-0.39, 0.29) is 30.0 Å². The van der Waals surface area contributed by atoms with Gasteiger partial charge in [-0.2, -0.15) is 0 Å². The average molecular weight is 661 g/mol. The van der Waals surface area contributed by atoms with Crippen LogP contribution in [0.5, 0.6) is 5.75 Å². The van der Waals surface area contributed by atoms with E-state index in [2.05, 4.69) is 5.32 Å². The maximum atomic E-state index is 14.2. The molecule has 1 aliphatic heterocycles. The molecule has 0 aliphatic carbocycles. The molecule has 2 atom stereocenters. The molecule has 1 N–H and O–H groups in total. The fourth-order valence-corrected chi connectivity index (χ4v) is 4.83. The van der Waals surface area contributed by atoms with Crippen LogP contribution >= 0.6 is 0 Å². The number of hydrogen-bond acceptors (Lipinski definition) is 7. The molecule has 260 valence electrons. The van der Waals surface area contributed by atoms with E-state index in [1.807, 2.05) is 52.5 Å². The van der Waals surface area contributed by atoms with Crippen molar-refractivity contribution in [2.75, 3.05) is 13.2 Å². The molecule has 1 aromatic rings. The van der Waals surface area contributed by atoms with Gasteiger partial charge in [-0.1, -0.05) is 39.3 Å². The molecule has 1 aliphatic rings. The second kappa shape index (κ2) is 20.5. The van der Waals surface area contributed by atoms with Crippen molar-refractivity contribution in [3.05, 3.63) is 47.6 Å². The van der Waals surface area contributed by atoms with E-state index in [0.29, 0.717) is 30.6 Å². The van der Waals surface area contributed by atoms with Crippen LogP contribution in [0.3, 0.4) is 0 Å². The number of carbonyl (C=O) groups is 1. The summed E-state index contributed by atoms with van der Waals surface area (Å²) >= 11 is 0. The van der Waals surface area contributed by atoms with Crippen molar-refractivity contribution in [2.24, 2.45) is 10.9 Å². The van der Waals surface area contributed by atoms with Gasteiger partial charge < -0.3 is 0 Å². The standard InChI is InChI=1S/C33H46BF3N4O4.C2H6/c1-8-11-12-13-20-43-28-18-17-24(21-25(28)33(35,36)37)26(15-9-2)39-29(23(4)10-3)27-16-14-19-41(27)30(34-44-22-38)40-31(42)45-32(5,6)7;1-2/h12-13,15,17-18,21,23,27H,8-11,14,16,19-20H2,1-7H3,(H,40,42);1-2H3/b13-12+,26-15-,39-29?;. The fourth-order valence-electron chi connectivity index (χ4n) is 4.83. The number of nitrogens with one attached hydrogen (secondary N) is 1. The normalized spacial score (nSPS) is 16.5. The van der Waals surface area contributed by atoms with Gasteiger partial charge in [-0.3, -0.25) is 0 Å². The van der Waals surface area contributed by atoms with E-state index in [1.165, 1.54) is 6.07 Å². The Labute approximate surface area is 280 Å². The third kappa shape index (κ3) is 13.9. The van der Waals surface area contributed by atoms with Gasteiger partial charge in [-0.05, 0) is 6.42 Å². The van der Waals surface area contributed by atoms with E-state index in [1.54, 1.807) is 45.2 Å². The molecular weight excluding hydrogens is 608 g/mol. The van der Waals surface area contributed by atoms with Gasteiger partial charge in [0.25, 0.3) is 0 Å². The number of unbranched alkanes of at least 4 members (excludes halogenated alkanes) is 1. The molecule has 0 saturated carbocycles. The number of halogens is 3. The summed E-state index contributed by atoms with van der Waals surface area (Å²) in [6.45, 7) is 17.7. The number of aliphatic imine (C=N–C) groups is 1. The molecule has 12 heteroatoms. The van der Waals surface area contributed by atoms with Crippen molar-refractivity contribution in [2.45, 2.75) is 119 Å². The molecule has 1 heterocycles. The van der Waals surface area contributed by atoms with E-state index in [0.717, 1.165) is 44.6 Å². The zero-order valence-electron chi connectivity index (χ0n) is 29.5. The summed E-state index contributed by atoms with van der Waals surface area (Å²) in [5, 5.41) is 11.8. The summed E-state index contributed by atoms with van der Waals surface area (Å²) in [6, 6.07) is 3.72. The van der Waals surface area contributed by atoms with Crippen LogP contribution in [0.1, 0.15) is 112 Å². The Morgan fingerprint density at radius 2 is 1.91 bits per heavy atom. The number of ether oxygens (including phenoxy) is 2. The molecule has 1 saturated heterocycles. The van der Waals surface area contributed by atoms with Gasteiger partial charge in [-0.25, -0.2) is 0 Å². The molecule has 0 spiro atoms. The Morgan fingerprint density at radius 1 is 1.21 bits per heavy atom. The van der Waals surface area contributed by atoms with Gasteiger partial charge in [0.2, 0.25) is 0 Å². The number of likely N-dealkylation sites (tertiary alicyclic amines) is 1. The summed E-state index contributed by atoms with van der Waals surface area (Å²) in [6.07, 6.45) is 6.13. The van der Waals surface area contributed by atoms with Crippen LogP contribution in [0.2, 0.25) is 0 Å². The first kappa shape index (κ1) is 41.3. The number of carbonyl (C=O) groups excluding carboxylic acids is 1. The minimum absolute atomic E-state index is 0.0383. The van der Waals surface area contributed by atoms with Crippen LogP contribution in [0.4, 0.5) is 18.0 Å². The predicted octanol–water partition coefficient (Wildman–Crippen LogP) is 8.90. The third-order valence-corrected chi connectivity index (χ3v) is 7.06. The zero-order chi connectivity index (χ0) is 35.6. The Kier molecular flexibility index (Phi) is 18.0. The summed E-state index contributed by atoms with van der Waals surface area (Å²) < 4.78 is 58.4. The van der Waals surface area contributed by atoms with E-state index < -0.39 is 23.4 Å². The summed E-state index contributed by atoms with van der Waals surface area (Å²) in [5.74, 6) is -0.285. The molecule has 1 aromatic carbocycles. The van der Waals surface area contributed by atoms with Gasteiger partial charge in [0.05, 0.1) is 0 Å². The first-order chi connectivity index (χ1) is 22.2. The Morgan fingerprint density at radius 3 is 2.49 bits per heavy atom. The number of nitrogens with zero attached hydrogens (tertiary/aromatic N) is 3. The van der Waals surface area contributed by atoms with Crippen LogP contribution in [-0.4, -0.2) is 54.3 Å². The van der Waals surface area contributed by atoms with Crippen molar-refractivity contribution >= 4 is 30.3 Å². The molecule has 1 amide bonds. The van der Waals surface area contributed by atoms with Gasteiger partial charge in [0, 0.05) is 0 Å². The summed E-state index contributed by atoms with van der Waals surface area (Å²) in [5.41, 5.74) is 0.101. The molecule has 0 aromatic heterocycles. The molecule has 2 rings (SSSR count). The summed E-state index contributed by atoms with van der Waals surface area (Å²) in [4.78, 5) is 19.6. The number of amides is 1. The van der Waals surface area contributed by atoms with Gasteiger partial charge in [0.1, 0.15) is 0 Å². The quantitative estimate of drug-likeness (QED) is 0.0927. The number of alkyl carbamates (subject to hydrolysis) is 1. The molecule has 47 heavy (non-hydrogen) atoms. The monoisotopic (exact) mass is 660 g/mol. The van der Waals surface area contributed by atoms with Crippen molar-refractivity contribution < 1.29 is 32.1 Å². The molecular formula is C35H52BF3N4O4. The molecule has 2 unspecified atom stereocenters. The van der Waals surface area contributed by atoms with Crippen LogP contribution in [-0.2, 0) is 15.6 Å². The summed E-state index contributed by atoms with van der Waals surface area (Å²) in [7, 11) is 1.16. The van der Waals surface area contributed by atoms with Crippen LogP contribution in [0, 0.1) is 17.4 Å². The Bertz CT molecular complexity index is 1300. The maximum absolute atomic E-state index is 14.2. The van der Waals surface area contributed by atoms with Crippen LogP contribution in [0.25, 0.3) is 5.70 Å². The third-order valence-electron chi connectivity index (χ3n) is 7.06. The molecule has 8 nitrogen and oxygen atoms in total. The van der Waals surface area contributed by atoms with Crippen molar-refractivity contribution in [3.8, 4) is 12.0 Å². The van der Waals surface area contributed by atoms with Gasteiger partial charge in [0.15, 0.2) is 0 Å². The fraction of sp³-hybridized carbons (Fsp3) is 0.600. The second-order valence-electron chi connectivity index (χ2n) is 11.8. The van der Waals surface area contributed by atoms with Crippen LogP contribution in [0.15, 0.2) is 41.4 Å². The van der Waals surface area contributed by atoms with Crippen molar-refractivity contribution in [3.63, 3.8) is 0 Å². The van der Waals surface area contributed by atoms with Gasteiger partial charge >= 0.3 is 234 Å².